The standard InChI is InChI=1S/C32H37F2N5O2/c1-19-7-4-5-8-21(19)14-25(40)13-20(2)28-27(33)15-26-30(29(28)34)36-32(41-18-24-9-6-12-38(24)3)37-31(26)39-16-22-10-11-23(17-39)35-22/h4-5,7-8,13-15,22-24,35,40H,6,9-12,16-18H2,1-3H3/b20-13+,25-14+/t22?,23?,24-/m0/s1. The minimum absolute atomic E-state index is 0.0159. The molecule has 4 heterocycles. The lowest BCUT2D eigenvalue weighted by molar-refractivity contribution is 0.188. The Labute approximate surface area is 239 Å². The van der Waals surface area contributed by atoms with E-state index in [4.69, 9.17) is 9.72 Å². The van der Waals surface area contributed by atoms with E-state index in [0.29, 0.717) is 43.0 Å². The number of aromatic nitrogens is 2. The second-order valence-electron chi connectivity index (χ2n) is 11.7. The highest BCUT2D eigenvalue weighted by atomic mass is 19.1. The maximum absolute atomic E-state index is 16.3. The Morgan fingerprint density at radius 2 is 1.90 bits per heavy atom. The molecule has 3 aliphatic heterocycles. The van der Waals surface area contributed by atoms with E-state index in [1.54, 1.807) is 13.0 Å². The zero-order chi connectivity index (χ0) is 28.7. The van der Waals surface area contributed by atoms with E-state index in [0.717, 1.165) is 43.4 Å². The number of nitrogens with one attached hydrogen (secondary N) is 1. The third-order valence-electron chi connectivity index (χ3n) is 8.69. The van der Waals surface area contributed by atoms with Crippen LogP contribution in [0.5, 0.6) is 6.01 Å². The molecule has 0 radical (unpaired) electrons. The third kappa shape index (κ3) is 5.65. The van der Waals surface area contributed by atoms with E-state index < -0.39 is 11.6 Å². The molecule has 216 valence electrons. The molecule has 6 rings (SSSR count). The van der Waals surface area contributed by atoms with Crippen molar-refractivity contribution >= 4 is 28.4 Å². The molecule has 2 aromatic carbocycles. The predicted octanol–water partition coefficient (Wildman–Crippen LogP) is 5.63. The van der Waals surface area contributed by atoms with Gasteiger partial charge in [-0.3, -0.25) is 0 Å². The van der Waals surface area contributed by atoms with Gasteiger partial charge in [0.1, 0.15) is 29.5 Å². The molecule has 1 aromatic heterocycles. The number of hydrogen-bond acceptors (Lipinski definition) is 7. The largest absolute Gasteiger partial charge is 0.508 e. The van der Waals surface area contributed by atoms with Crippen LogP contribution in [0.1, 0.15) is 49.3 Å². The van der Waals surface area contributed by atoms with E-state index in [1.165, 1.54) is 12.1 Å². The summed E-state index contributed by atoms with van der Waals surface area (Å²) in [5.41, 5.74) is 1.84. The SMILES string of the molecule is C/C(=C\C(O)=C/c1ccccc1C)c1c(F)cc2c(N3CC4CCC(C3)N4)nc(OC[C@@H]3CCCN3C)nc2c1F. The van der Waals surface area contributed by atoms with Gasteiger partial charge in [0, 0.05) is 36.6 Å². The first kappa shape index (κ1) is 27.6. The Hall–Kier alpha value is -3.56. The summed E-state index contributed by atoms with van der Waals surface area (Å²) in [4.78, 5) is 13.5. The van der Waals surface area contributed by atoms with Gasteiger partial charge in [-0.25, -0.2) is 8.78 Å². The summed E-state index contributed by atoms with van der Waals surface area (Å²) in [7, 11) is 2.07. The minimum Gasteiger partial charge on any atom is -0.508 e. The summed E-state index contributed by atoms with van der Waals surface area (Å²) in [6.07, 6.45) is 7.22. The average Bonchev–Trinajstić information content (AvgIpc) is 3.51. The molecule has 41 heavy (non-hydrogen) atoms. The fraction of sp³-hybridized carbons (Fsp3) is 0.438. The van der Waals surface area contributed by atoms with Gasteiger partial charge in [-0.05, 0) is 88.0 Å². The van der Waals surface area contributed by atoms with Crippen LogP contribution in [0, 0.1) is 18.6 Å². The summed E-state index contributed by atoms with van der Waals surface area (Å²) in [6.45, 7) is 6.34. The van der Waals surface area contributed by atoms with Crippen molar-refractivity contribution in [2.75, 3.05) is 38.2 Å². The van der Waals surface area contributed by atoms with Gasteiger partial charge in [0.15, 0.2) is 5.82 Å². The molecule has 3 atom stereocenters. The van der Waals surface area contributed by atoms with Crippen molar-refractivity contribution in [2.45, 2.75) is 57.7 Å². The molecule has 2 unspecified atom stereocenters. The van der Waals surface area contributed by atoms with Crippen molar-refractivity contribution in [3.63, 3.8) is 0 Å². The highest BCUT2D eigenvalue weighted by Gasteiger charge is 2.34. The summed E-state index contributed by atoms with van der Waals surface area (Å²) in [6, 6.07) is 9.89. The molecule has 3 saturated heterocycles. The van der Waals surface area contributed by atoms with E-state index in [2.05, 4.69) is 27.1 Å². The topological polar surface area (TPSA) is 73.8 Å². The molecule has 7 nitrogen and oxygen atoms in total. The van der Waals surface area contributed by atoms with Gasteiger partial charge in [-0.1, -0.05) is 24.3 Å². The number of nitrogens with zero attached hydrogens (tertiary/aromatic N) is 4. The number of likely N-dealkylation sites (N-methyl/N-ethyl adjacent to an activating group) is 1. The first-order valence-corrected chi connectivity index (χ1v) is 14.5. The van der Waals surface area contributed by atoms with Crippen molar-refractivity contribution in [1.82, 2.24) is 20.2 Å². The summed E-state index contributed by atoms with van der Waals surface area (Å²) in [5.74, 6) is -1.12. The van der Waals surface area contributed by atoms with Crippen LogP contribution >= 0.6 is 0 Å². The second kappa shape index (κ2) is 11.4. The first-order chi connectivity index (χ1) is 19.8. The summed E-state index contributed by atoms with van der Waals surface area (Å²) in [5, 5.41) is 14.6. The van der Waals surface area contributed by atoms with Gasteiger partial charge in [-0.2, -0.15) is 9.97 Å². The number of likely N-dealkylation sites (tertiary alicyclic amines) is 1. The number of rotatable bonds is 7. The lowest BCUT2D eigenvalue weighted by atomic mass is 10.0. The van der Waals surface area contributed by atoms with Gasteiger partial charge in [-0.15, -0.1) is 0 Å². The maximum Gasteiger partial charge on any atom is 0.319 e. The van der Waals surface area contributed by atoms with Crippen LogP contribution in [0.4, 0.5) is 14.6 Å². The van der Waals surface area contributed by atoms with Gasteiger partial charge < -0.3 is 25.0 Å². The molecule has 3 aromatic rings. The molecule has 3 fully saturated rings. The fourth-order valence-electron chi connectivity index (χ4n) is 6.40. The number of aryl methyl sites for hydroxylation is 1. The van der Waals surface area contributed by atoms with Gasteiger partial charge in [0.05, 0.1) is 5.56 Å². The monoisotopic (exact) mass is 561 g/mol. The molecule has 0 saturated carbocycles. The number of piperazine rings is 1. The Morgan fingerprint density at radius 1 is 1.15 bits per heavy atom. The minimum atomic E-state index is -0.790. The van der Waals surface area contributed by atoms with Crippen molar-refractivity contribution in [2.24, 2.45) is 0 Å². The van der Waals surface area contributed by atoms with Gasteiger partial charge in [0.25, 0.3) is 0 Å². The normalized spacial score (nSPS) is 23.5. The average molecular weight is 562 g/mol. The molecule has 2 N–H and O–H groups in total. The van der Waals surface area contributed by atoms with Crippen LogP contribution in [0.15, 0.2) is 42.2 Å². The number of halogens is 2. The molecular formula is C32H37F2N5O2. The van der Waals surface area contributed by atoms with Crippen LogP contribution < -0.4 is 15.0 Å². The quantitative estimate of drug-likeness (QED) is 0.286. The first-order valence-electron chi connectivity index (χ1n) is 14.5. The maximum atomic E-state index is 16.3. The number of fused-ring (bicyclic) bond motifs is 3. The number of benzene rings is 2. The van der Waals surface area contributed by atoms with E-state index in [-0.39, 0.29) is 34.5 Å². The van der Waals surface area contributed by atoms with Gasteiger partial charge in [0.2, 0.25) is 0 Å². The molecule has 3 aliphatic rings. The van der Waals surface area contributed by atoms with Crippen LogP contribution in [0.2, 0.25) is 0 Å². The zero-order valence-electron chi connectivity index (χ0n) is 23.8. The highest BCUT2D eigenvalue weighted by Crippen LogP contribution is 2.36. The molecular weight excluding hydrogens is 524 g/mol. The predicted molar refractivity (Wildman–Crippen MR) is 158 cm³/mol. The Bertz CT molecular complexity index is 1510. The second-order valence-corrected chi connectivity index (χ2v) is 11.7. The van der Waals surface area contributed by atoms with E-state index in [1.807, 2.05) is 31.2 Å². The van der Waals surface area contributed by atoms with Crippen molar-refractivity contribution in [3.05, 3.63) is 70.5 Å². The summed E-state index contributed by atoms with van der Waals surface area (Å²) >= 11 is 0. The van der Waals surface area contributed by atoms with Crippen molar-refractivity contribution < 1.29 is 18.6 Å². The van der Waals surface area contributed by atoms with E-state index >= 15 is 8.78 Å². The van der Waals surface area contributed by atoms with E-state index in [9.17, 15) is 5.11 Å². The number of aliphatic hydroxyl groups is 1. The van der Waals surface area contributed by atoms with Crippen molar-refractivity contribution in [3.8, 4) is 6.01 Å². The molecule has 2 bridgehead atoms. The molecule has 0 spiro atoms. The van der Waals surface area contributed by atoms with Crippen LogP contribution in [0.3, 0.4) is 0 Å². The number of hydrogen-bond donors (Lipinski definition) is 2. The number of aliphatic hydroxyl groups excluding tert-OH is 1. The Balaban J connectivity index is 1.40. The highest BCUT2D eigenvalue weighted by molar-refractivity contribution is 5.93. The van der Waals surface area contributed by atoms with Crippen LogP contribution in [0.25, 0.3) is 22.6 Å². The third-order valence-corrected chi connectivity index (χ3v) is 8.69. The van der Waals surface area contributed by atoms with Crippen LogP contribution in [-0.4, -0.2) is 71.4 Å². The lowest BCUT2D eigenvalue weighted by Gasteiger charge is -2.34. The molecule has 9 heteroatoms. The van der Waals surface area contributed by atoms with Crippen molar-refractivity contribution in [1.29, 1.82) is 0 Å². The molecule has 0 aliphatic carbocycles. The Kier molecular flexibility index (Phi) is 7.66. The smallest absolute Gasteiger partial charge is 0.319 e. The number of allylic oxidation sites excluding steroid dienone is 2. The summed E-state index contributed by atoms with van der Waals surface area (Å²) < 4.78 is 38.0. The number of anilines is 1. The van der Waals surface area contributed by atoms with Crippen LogP contribution in [-0.2, 0) is 0 Å². The zero-order valence-corrected chi connectivity index (χ0v) is 23.8. The van der Waals surface area contributed by atoms with Gasteiger partial charge >= 0.3 is 6.01 Å². The number of ether oxygens (including phenoxy) is 1. The fourth-order valence-corrected chi connectivity index (χ4v) is 6.40. The Morgan fingerprint density at radius 3 is 2.61 bits per heavy atom. The lowest BCUT2D eigenvalue weighted by Crippen LogP contribution is -2.51. The molecule has 0 amide bonds.